The third-order valence-electron chi connectivity index (χ3n) is 3.21. The number of hydrogen-bond donors (Lipinski definition) is 2. The second-order valence-electron chi connectivity index (χ2n) is 4.55. The van der Waals surface area contributed by atoms with E-state index in [2.05, 4.69) is 14.7 Å². The van der Waals surface area contributed by atoms with Crippen molar-refractivity contribution in [3.63, 3.8) is 0 Å². The number of carboxylic acid groups (broad SMARTS) is 1. The zero-order valence-electron chi connectivity index (χ0n) is 9.90. The molecule has 0 aliphatic heterocycles. The highest BCUT2D eigenvalue weighted by Crippen LogP contribution is 2.36. The van der Waals surface area contributed by atoms with E-state index in [-0.39, 0.29) is 12.0 Å². The SMILES string of the molecule is CCc1nsc(NC2(CC(=O)O)CCCC2)n1. The van der Waals surface area contributed by atoms with Crippen molar-refractivity contribution in [2.75, 3.05) is 5.32 Å². The topological polar surface area (TPSA) is 75.1 Å². The Morgan fingerprint density at radius 1 is 1.53 bits per heavy atom. The van der Waals surface area contributed by atoms with Gasteiger partial charge in [-0.05, 0) is 12.8 Å². The van der Waals surface area contributed by atoms with E-state index in [9.17, 15) is 4.79 Å². The van der Waals surface area contributed by atoms with Gasteiger partial charge in [-0.1, -0.05) is 19.8 Å². The van der Waals surface area contributed by atoms with Crippen molar-refractivity contribution in [3.8, 4) is 0 Å². The van der Waals surface area contributed by atoms with E-state index in [0.717, 1.165) is 43.1 Å². The summed E-state index contributed by atoms with van der Waals surface area (Å²) in [5, 5.41) is 13.1. The molecule has 0 aromatic carbocycles. The van der Waals surface area contributed by atoms with Crippen LogP contribution in [-0.4, -0.2) is 26.0 Å². The lowest BCUT2D eigenvalue weighted by molar-refractivity contribution is -0.138. The van der Waals surface area contributed by atoms with Gasteiger partial charge in [-0.15, -0.1) is 0 Å². The fraction of sp³-hybridized carbons (Fsp3) is 0.727. The smallest absolute Gasteiger partial charge is 0.305 e. The zero-order valence-corrected chi connectivity index (χ0v) is 10.7. The van der Waals surface area contributed by atoms with Crippen LogP contribution in [0.25, 0.3) is 0 Å². The van der Waals surface area contributed by atoms with Crippen LogP contribution in [0.1, 0.15) is 44.9 Å². The van der Waals surface area contributed by atoms with Gasteiger partial charge in [-0.3, -0.25) is 4.79 Å². The van der Waals surface area contributed by atoms with Crippen LogP contribution in [-0.2, 0) is 11.2 Å². The van der Waals surface area contributed by atoms with Gasteiger partial charge in [0.1, 0.15) is 5.82 Å². The molecule has 1 aromatic heterocycles. The van der Waals surface area contributed by atoms with Crippen LogP contribution >= 0.6 is 11.5 Å². The molecule has 1 aliphatic rings. The van der Waals surface area contributed by atoms with Gasteiger partial charge in [0.15, 0.2) is 0 Å². The van der Waals surface area contributed by atoms with E-state index in [1.165, 1.54) is 11.5 Å². The lowest BCUT2D eigenvalue weighted by Gasteiger charge is -2.28. The molecule has 1 fully saturated rings. The van der Waals surface area contributed by atoms with Gasteiger partial charge in [0.05, 0.1) is 12.0 Å². The Balaban J connectivity index is 2.09. The molecular formula is C11H17N3O2S. The van der Waals surface area contributed by atoms with Gasteiger partial charge in [0, 0.05) is 18.0 Å². The maximum Gasteiger partial charge on any atom is 0.305 e. The first-order chi connectivity index (χ1) is 8.13. The maximum absolute atomic E-state index is 10.9. The molecule has 94 valence electrons. The largest absolute Gasteiger partial charge is 0.481 e. The summed E-state index contributed by atoms with van der Waals surface area (Å²) in [7, 11) is 0. The van der Waals surface area contributed by atoms with Crippen LogP contribution in [0, 0.1) is 0 Å². The first-order valence-electron chi connectivity index (χ1n) is 5.96. The van der Waals surface area contributed by atoms with Crippen LogP contribution in [0.3, 0.4) is 0 Å². The predicted molar refractivity (Wildman–Crippen MR) is 66.4 cm³/mol. The van der Waals surface area contributed by atoms with E-state index in [4.69, 9.17) is 5.11 Å². The van der Waals surface area contributed by atoms with Crippen molar-refractivity contribution >= 4 is 22.6 Å². The molecule has 0 radical (unpaired) electrons. The van der Waals surface area contributed by atoms with Gasteiger partial charge in [0.2, 0.25) is 5.13 Å². The fourth-order valence-corrected chi connectivity index (χ4v) is 3.13. The van der Waals surface area contributed by atoms with E-state index >= 15 is 0 Å². The van der Waals surface area contributed by atoms with Crippen LogP contribution in [0.5, 0.6) is 0 Å². The molecule has 0 saturated heterocycles. The summed E-state index contributed by atoms with van der Waals surface area (Å²) in [6, 6.07) is 0. The van der Waals surface area contributed by atoms with E-state index in [1.807, 2.05) is 6.92 Å². The number of anilines is 1. The van der Waals surface area contributed by atoms with Gasteiger partial charge in [0.25, 0.3) is 0 Å². The summed E-state index contributed by atoms with van der Waals surface area (Å²) in [6.07, 6.45) is 4.94. The molecule has 1 aliphatic carbocycles. The molecule has 1 aromatic rings. The van der Waals surface area contributed by atoms with Gasteiger partial charge in [-0.2, -0.15) is 4.37 Å². The second-order valence-corrected chi connectivity index (χ2v) is 5.30. The highest BCUT2D eigenvalue weighted by atomic mass is 32.1. The van der Waals surface area contributed by atoms with Gasteiger partial charge >= 0.3 is 5.97 Å². The number of aliphatic carboxylic acids is 1. The predicted octanol–water partition coefficient (Wildman–Crippen LogP) is 2.30. The zero-order chi connectivity index (χ0) is 12.3. The molecule has 1 saturated carbocycles. The summed E-state index contributed by atoms with van der Waals surface area (Å²) in [5.74, 6) is 0.0700. The normalized spacial score (nSPS) is 18.2. The van der Waals surface area contributed by atoms with Crippen molar-refractivity contribution in [3.05, 3.63) is 5.82 Å². The number of aryl methyl sites for hydroxylation is 1. The number of hydrogen-bond acceptors (Lipinski definition) is 5. The highest BCUT2D eigenvalue weighted by molar-refractivity contribution is 7.09. The molecule has 0 bridgehead atoms. The van der Waals surface area contributed by atoms with E-state index in [0.29, 0.717) is 0 Å². The number of nitrogens with one attached hydrogen (secondary N) is 1. The molecule has 1 heterocycles. The lowest BCUT2D eigenvalue weighted by Crippen LogP contribution is -2.37. The number of carbonyl (C=O) groups is 1. The Kier molecular flexibility index (Phi) is 3.61. The molecule has 6 heteroatoms. The van der Waals surface area contributed by atoms with Crippen LogP contribution in [0.15, 0.2) is 0 Å². The number of rotatable bonds is 5. The first-order valence-corrected chi connectivity index (χ1v) is 6.73. The minimum Gasteiger partial charge on any atom is -0.481 e. The summed E-state index contributed by atoms with van der Waals surface area (Å²) < 4.78 is 4.21. The lowest BCUT2D eigenvalue weighted by atomic mass is 9.93. The molecule has 2 N–H and O–H groups in total. The minimum absolute atomic E-state index is 0.161. The standard InChI is InChI=1S/C11H17N3O2S/c1-2-8-12-10(17-14-8)13-11(7-9(15)16)5-3-4-6-11/h2-7H2,1H3,(H,15,16)(H,12,13,14). The van der Waals surface area contributed by atoms with Crippen molar-refractivity contribution in [1.29, 1.82) is 0 Å². The summed E-state index contributed by atoms with van der Waals surface area (Å²) >= 11 is 1.32. The molecule has 0 spiro atoms. The Morgan fingerprint density at radius 2 is 2.24 bits per heavy atom. The number of nitrogens with zero attached hydrogens (tertiary/aromatic N) is 2. The van der Waals surface area contributed by atoms with Gasteiger partial charge in [-0.25, -0.2) is 4.98 Å². The average molecular weight is 255 g/mol. The molecule has 0 atom stereocenters. The molecule has 5 nitrogen and oxygen atoms in total. The highest BCUT2D eigenvalue weighted by Gasteiger charge is 2.36. The Morgan fingerprint density at radius 3 is 2.76 bits per heavy atom. The second kappa shape index (κ2) is 5.00. The summed E-state index contributed by atoms with van der Waals surface area (Å²) in [5.41, 5.74) is -0.309. The third kappa shape index (κ3) is 2.94. The number of aromatic nitrogens is 2. The Hall–Kier alpha value is -1.17. The van der Waals surface area contributed by atoms with Crippen molar-refractivity contribution < 1.29 is 9.90 Å². The first kappa shape index (κ1) is 12.3. The van der Waals surface area contributed by atoms with E-state index in [1.54, 1.807) is 0 Å². The quantitative estimate of drug-likeness (QED) is 0.844. The molecule has 0 unspecified atom stereocenters. The van der Waals surface area contributed by atoms with E-state index < -0.39 is 5.97 Å². The minimum atomic E-state index is -0.750. The van der Waals surface area contributed by atoms with Crippen molar-refractivity contribution in [2.45, 2.75) is 51.0 Å². The van der Waals surface area contributed by atoms with Crippen LogP contribution < -0.4 is 5.32 Å². The summed E-state index contributed by atoms with van der Waals surface area (Å²) in [4.78, 5) is 15.3. The molecular weight excluding hydrogens is 238 g/mol. The molecule has 2 rings (SSSR count). The molecule has 0 amide bonds. The maximum atomic E-state index is 10.9. The number of carboxylic acids is 1. The molecule has 17 heavy (non-hydrogen) atoms. The van der Waals surface area contributed by atoms with Crippen molar-refractivity contribution in [1.82, 2.24) is 9.36 Å². The van der Waals surface area contributed by atoms with Crippen LogP contribution in [0.2, 0.25) is 0 Å². The van der Waals surface area contributed by atoms with Crippen LogP contribution in [0.4, 0.5) is 5.13 Å². The average Bonchev–Trinajstić information content (AvgIpc) is 2.87. The Labute approximate surface area is 104 Å². The fourth-order valence-electron chi connectivity index (χ4n) is 2.36. The van der Waals surface area contributed by atoms with Gasteiger partial charge < -0.3 is 10.4 Å². The Bertz CT molecular complexity index is 399. The summed E-state index contributed by atoms with van der Waals surface area (Å²) in [6.45, 7) is 2.01. The van der Waals surface area contributed by atoms with Crippen molar-refractivity contribution in [2.24, 2.45) is 0 Å². The third-order valence-corrected chi connectivity index (χ3v) is 3.88. The monoisotopic (exact) mass is 255 g/mol.